The monoisotopic (exact) mass is 207 g/mol. The lowest BCUT2D eigenvalue weighted by molar-refractivity contribution is 0.515. The standard InChI is InChI=1S/C12H17NS/c1-9-3-2-4-10(5-9)6-11-7-14-8-12(11)13/h2-5,11-12H,6-8,13H2,1H3. The highest BCUT2D eigenvalue weighted by atomic mass is 32.2. The molecule has 1 nitrogen and oxygen atoms in total. The molecule has 76 valence electrons. The lowest BCUT2D eigenvalue weighted by Crippen LogP contribution is -2.29. The lowest BCUT2D eigenvalue weighted by Gasteiger charge is -2.14. The summed E-state index contributed by atoms with van der Waals surface area (Å²) in [5, 5.41) is 0. The Labute approximate surface area is 90.1 Å². The molecule has 14 heavy (non-hydrogen) atoms. The minimum Gasteiger partial charge on any atom is -0.327 e. The van der Waals surface area contributed by atoms with Crippen molar-refractivity contribution in [2.45, 2.75) is 19.4 Å². The quantitative estimate of drug-likeness (QED) is 0.805. The number of nitrogens with two attached hydrogens (primary N) is 1. The highest BCUT2D eigenvalue weighted by Crippen LogP contribution is 2.26. The number of aryl methyl sites for hydroxylation is 1. The number of thioether (sulfide) groups is 1. The zero-order chi connectivity index (χ0) is 9.97. The van der Waals surface area contributed by atoms with Crippen LogP contribution in [0, 0.1) is 12.8 Å². The van der Waals surface area contributed by atoms with Crippen LogP contribution < -0.4 is 5.73 Å². The van der Waals surface area contributed by atoms with Crippen molar-refractivity contribution in [3.63, 3.8) is 0 Å². The number of benzene rings is 1. The summed E-state index contributed by atoms with van der Waals surface area (Å²) < 4.78 is 0. The molecular formula is C12H17NS. The third-order valence-electron chi connectivity index (χ3n) is 2.83. The van der Waals surface area contributed by atoms with Gasteiger partial charge in [-0.3, -0.25) is 0 Å². The first kappa shape index (κ1) is 10.1. The van der Waals surface area contributed by atoms with E-state index >= 15 is 0 Å². The minimum atomic E-state index is 0.403. The van der Waals surface area contributed by atoms with Crippen LogP contribution in [0.2, 0.25) is 0 Å². The van der Waals surface area contributed by atoms with Gasteiger partial charge in [-0.15, -0.1) is 0 Å². The molecule has 1 aromatic rings. The molecule has 1 aromatic carbocycles. The number of hydrogen-bond acceptors (Lipinski definition) is 2. The van der Waals surface area contributed by atoms with Gasteiger partial charge in [0.25, 0.3) is 0 Å². The van der Waals surface area contributed by atoms with Crippen LogP contribution in [0.15, 0.2) is 24.3 Å². The highest BCUT2D eigenvalue weighted by molar-refractivity contribution is 7.99. The maximum Gasteiger partial charge on any atom is 0.0170 e. The predicted molar refractivity (Wildman–Crippen MR) is 63.7 cm³/mol. The molecule has 1 heterocycles. The molecule has 0 aliphatic carbocycles. The van der Waals surface area contributed by atoms with E-state index in [0.717, 1.165) is 12.2 Å². The van der Waals surface area contributed by atoms with Crippen molar-refractivity contribution < 1.29 is 0 Å². The van der Waals surface area contributed by atoms with Crippen molar-refractivity contribution >= 4 is 11.8 Å². The largest absolute Gasteiger partial charge is 0.327 e. The van der Waals surface area contributed by atoms with E-state index < -0.39 is 0 Å². The molecule has 0 radical (unpaired) electrons. The predicted octanol–water partition coefficient (Wildman–Crippen LogP) is 2.23. The fourth-order valence-electron chi connectivity index (χ4n) is 1.97. The molecule has 1 fully saturated rings. The normalized spacial score (nSPS) is 26.7. The van der Waals surface area contributed by atoms with E-state index in [2.05, 4.69) is 31.2 Å². The van der Waals surface area contributed by atoms with Gasteiger partial charge in [0.05, 0.1) is 0 Å². The van der Waals surface area contributed by atoms with Crippen LogP contribution in [0.3, 0.4) is 0 Å². The number of rotatable bonds is 2. The summed E-state index contributed by atoms with van der Waals surface area (Å²) >= 11 is 1.99. The molecule has 1 saturated heterocycles. The molecule has 2 unspecified atom stereocenters. The van der Waals surface area contributed by atoms with Crippen molar-refractivity contribution in [3.8, 4) is 0 Å². The van der Waals surface area contributed by atoms with E-state index in [1.54, 1.807) is 0 Å². The second kappa shape index (κ2) is 4.37. The van der Waals surface area contributed by atoms with Crippen molar-refractivity contribution in [3.05, 3.63) is 35.4 Å². The molecule has 2 N–H and O–H groups in total. The van der Waals surface area contributed by atoms with Gasteiger partial charge in [0.2, 0.25) is 0 Å². The lowest BCUT2D eigenvalue weighted by atomic mass is 9.95. The Bertz CT molecular complexity index is 311. The van der Waals surface area contributed by atoms with Gasteiger partial charge in [-0.25, -0.2) is 0 Å². The van der Waals surface area contributed by atoms with Crippen molar-refractivity contribution in [1.29, 1.82) is 0 Å². The van der Waals surface area contributed by atoms with E-state index in [1.165, 1.54) is 16.9 Å². The molecule has 0 spiro atoms. The summed E-state index contributed by atoms with van der Waals surface area (Å²) in [4.78, 5) is 0. The molecule has 2 rings (SSSR count). The van der Waals surface area contributed by atoms with Crippen molar-refractivity contribution in [1.82, 2.24) is 0 Å². The first-order valence-electron chi connectivity index (χ1n) is 5.14. The summed E-state index contributed by atoms with van der Waals surface area (Å²) in [5.74, 6) is 3.05. The van der Waals surface area contributed by atoms with Crippen molar-refractivity contribution in [2.24, 2.45) is 11.7 Å². The maximum absolute atomic E-state index is 6.04. The fraction of sp³-hybridized carbons (Fsp3) is 0.500. The van der Waals surface area contributed by atoms with Gasteiger partial charge in [0, 0.05) is 11.8 Å². The summed E-state index contributed by atoms with van der Waals surface area (Å²) in [7, 11) is 0. The molecular weight excluding hydrogens is 190 g/mol. The third-order valence-corrected chi connectivity index (χ3v) is 4.11. The minimum absolute atomic E-state index is 0.403. The van der Waals surface area contributed by atoms with Gasteiger partial charge in [-0.1, -0.05) is 29.8 Å². The van der Waals surface area contributed by atoms with E-state index in [-0.39, 0.29) is 0 Å². The van der Waals surface area contributed by atoms with Crippen LogP contribution in [0.1, 0.15) is 11.1 Å². The molecule has 1 aliphatic rings. The number of hydrogen-bond donors (Lipinski definition) is 1. The van der Waals surface area contributed by atoms with Gasteiger partial charge in [-0.2, -0.15) is 11.8 Å². The Morgan fingerprint density at radius 2 is 2.29 bits per heavy atom. The SMILES string of the molecule is Cc1cccc(CC2CSCC2N)c1. The maximum atomic E-state index is 6.04. The summed E-state index contributed by atoms with van der Waals surface area (Å²) in [6, 6.07) is 9.17. The average molecular weight is 207 g/mol. The average Bonchev–Trinajstić information content (AvgIpc) is 2.52. The van der Waals surface area contributed by atoms with Crippen LogP contribution in [-0.2, 0) is 6.42 Å². The van der Waals surface area contributed by atoms with Crippen LogP contribution in [0.5, 0.6) is 0 Å². The van der Waals surface area contributed by atoms with Crippen LogP contribution in [0.25, 0.3) is 0 Å². The Morgan fingerprint density at radius 1 is 1.43 bits per heavy atom. The molecule has 2 atom stereocenters. The second-order valence-corrected chi connectivity index (χ2v) is 5.23. The molecule has 2 heteroatoms. The van der Waals surface area contributed by atoms with Gasteiger partial charge < -0.3 is 5.73 Å². The Morgan fingerprint density at radius 3 is 2.93 bits per heavy atom. The Balaban J connectivity index is 2.03. The Hall–Kier alpha value is -0.470. The fourth-order valence-corrected chi connectivity index (χ4v) is 3.32. The van der Waals surface area contributed by atoms with Crippen LogP contribution in [0.4, 0.5) is 0 Å². The molecule has 1 aliphatic heterocycles. The molecule has 0 bridgehead atoms. The zero-order valence-electron chi connectivity index (χ0n) is 8.57. The van der Waals surface area contributed by atoms with E-state index in [0.29, 0.717) is 12.0 Å². The topological polar surface area (TPSA) is 26.0 Å². The highest BCUT2D eigenvalue weighted by Gasteiger charge is 2.24. The van der Waals surface area contributed by atoms with Gasteiger partial charge in [0.1, 0.15) is 0 Å². The first-order valence-corrected chi connectivity index (χ1v) is 6.30. The zero-order valence-corrected chi connectivity index (χ0v) is 9.39. The van der Waals surface area contributed by atoms with Crippen LogP contribution in [-0.4, -0.2) is 17.5 Å². The van der Waals surface area contributed by atoms with E-state index in [1.807, 2.05) is 11.8 Å². The van der Waals surface area contributed by atoms with E-state index in [4.69, 9.17) is 5.73 Å². The first-order chi connectivity index (χ1) is 6.75. The Kier molecular flexibility index (Phi) is 3.14. The summed E-state index contributed by atoms with van der Waals surface area (Å²) in [6.45, 7) is 2.15. The van der Waals surface area contributed by atoms with Crippen LogP contribution >= 0.6 is 11.8 Å². The van der Waals surface area contributed by atoms with E-state index in [9.17, 15) is 0 Å². The molecule has 0 amide bonds. The van der Waals surface area contributed by atoms with Gasteiger partial charge in [-0.05, 0) is 30.6 Å². The smallest absolute Gasteiger partial charge is 0.0170 e. The third kappa shape index (κ3) is 2.31. The molecule has 0 saturated carbocycles. The van der Waals surface area contributed by atoms with Gasteiger partial charge in [0.15, 0.2) is 0 Å². The second-order valence-electron chi connectivity index (χ2n) is 4.15. The van der Waals surface area contributed by atoms with Gasteiger partial charge >= 0.3 is 0 Å². The molecule has 0 aromatic heterocycles. The summed E-state index contributed by atoms with van der Waals surface area (Å²) in [6.07, 6.45) is 1.15. The van der Waals surface area contributed by atoms with Crippen molar-refractivity contribution in [2.75, 3.05) is 11.5 Å². The summed E-state index contributed by atoms with van der Waals surface area (Å²) in [5.41, 5.74) is 8.83.